The third kappa shape index (κ3) is 4.92. The van der Waals surface area contributed by atoms with E-state index in [0.717, 1.165) is 0 Å². The molecule has 0 aliphatic heterocycles. The van der Waals surface area contributed by atoms with Gasteiger partial charge in [-0.1, -0.05) is 13.8 Å². The first-order chi connectivity index (χ1) is 7.43. The van der Waals surface area contributed by atoms with E-state index in [2.05, 4.69) is 0 Å². The van der Waals surface area contributed by atoms with Crippen LogP contribution >= 0.6 is 0 Å². The third-order valence-electron chi connectivity index (χ3n) is 2.60. The standard InChI is InChI=1S/C11H24N2O3/c1-8(2)10(5-12)11(15)13(3)6-9(14)7-16-4/h8-10,14H,5-7,12H2,1-4H3. The molecule has 0 spiro atoms. The van der Waals surface area contributed by atoms with Gasteiger partial charge in [0.1, 0.15) is 0 Å². The van der Waals surface area contributed by atoms with E-state index in [9.17, 15) is 9.90 Å². The zero-order valence-electron chi connectivity index (χ0n) is 10.6. The van der Waals surface area contributed by atoms with E-state index in [0.29, 0.717) is 6.54 Å². The first-order valence-electron chi connectivity index (χ1n) is 5.56. The number of carbonyl (C=O) groups is 1. The lowest BCUT2D eigenvalue weighted by Gasteiger charge is -2.26. The molecule has 0 rings (SSSR count). The molecular weight excluding hydrogens is 208 g/mol. The van der Waals surface area contributed by atoms with Crippen LogP contribution in [0.1, 0.15) is 13.8 Å². The number of amides is 1. The second-order valence-electron chi connectivity index (χ2n) is 4.41. The molecule has 0 heterocycles. The van der Waals surface area contributed by atoms with Gasteiger partial charge in [0.15, 0.2) is 0 Å². The number of likely N-dealkylation sites (N-methyl/N-ethyl adjacent to an activating group) is 1. The summed E-state index contributed by atoms with van der Waals surface area (Å²) in [7, 11) is 3.19. The molecule has 0 aromatic heterocycles. The van der Waals surface area contributed by atoms with Crippen LogP contribution in [0.2, 0.25) is 0 Å². The Kier molecular flexibility index (Phi) is 7.29. The SMILES string of the molecule is COCC(O)CN(C)C(=O)C(CN)C(C)C. The minimum absolute atomic E-state index is 0.0207. The van der Waals surface area contributed by atoms with Gasteiger partial charge < -0.3 is 20.5 Å². The van der Waals surface area contributed by atoms with Gasteiger partial charge in [-0.2, -0.15) is 0 Å². The van der Waals surface area contributed by atoms with Gasteiger partial charge in [-0.3, -0.25) is 4.79 Å². The molecule has 0 aliphatic carbocycles. The second-order valence-corrected chi connectivity index (χ2v) is 4.41. The third-order valence-corrected chi connectivity index (χ3v) is 2.60. The number of carbonyl (C=O) groups excluding carboxylic acids is 1. The Hall–Kier alpha value is -0.650. The quantitative estimate of drug-likeness (QED) is 0.631. The molecule has 1 amide bonds. The summed E-state index contributed by atoms with van der Waals surface area (Å²) in [6, 6.07) is 0. The minimum atomic E-state index is -0.649. The van der Waals surface area contributed by atoms with Crippen LogP contribution in [0, 0.1) is 11.8 Å². The number of aliphatic hydroxyl groups is 1. The van der Waals surface area contributed by atoms with Crippen molar-refractivity contribution in [3.63, 3.8) is 0 Å². The lowest BCUT2D eigenvalue weighted by atomic mass is 9.94. The van der Waals surface area contributed by atoms with Gasteiger partial charge in [-0.05, 0) is 5.92 Å². The number of nitrogens with two attached hydrogens (primary N) is 1. The maximum absolute atomic E-state index is 11.9. The number of aliphatic hydroxyl groups excluding tert-OH is 1. The van der Waals surface area contributed by atoms with Crippen molar-refractivity contribution in [2.45, 2.75) is 20.0 Å². The summed E-state index contributed by atoms with van der Waals surface area (Å²) in [4.78, 5) is 13.5. The highest BCUT2D eigenvalue weighted by atomic mass is 16.5. The number of hydrogen-bond donors (Lipinski definition) is 2. The molecule has 0 radical (unpaired) electrons. The molecule has 0 fully saturated rings. The predicted molar refractivity (Wildman–Crippen MR) is 62.9 cm³/mol. The Labute approximate surface area is 97.6 Å². The van der Waals surface area contributed by atoms with Gasteiger partial charge in [-0.15, -0.1) is 0 Å². The number of rotatable bonds is 7. The first-order valence-corrected chi connectivity index (χ1v) is 5.56. The summed E-state index contributed by atoms with van der Waals surface area (Å²) in [5.74, 6) is 0.00640. The number of ether oxygens (including phenoxy) is 1. The summed E-state index contributed by atoms with van der Waals surface area (Å²) in [5, 5.41) is 9.51. The van der Waals surface area contributed by atoms with Gasteiger partial charge in [0.2, 0.25) is 5.91 Å². The van der Waals surface area contributed by atoms with E-state index in [1.54, 1.807) is 7.05 Å². The number of methoxy groups -OCH3 is 1. The maximum atomic E-state index is 11.9. The zero-order valence-corrected chi connectivity index (χ0v) is 10.6. The molecule has 5 heteroatoms. The molecule has 2 unspecified atom stereocenters. The highest BCUT2D eigenvalue weighted by Crippen LogP contribution is 2.12. The van der Waals surface area contributed by atoms with Gasteiger partial charge in [-0.25, -0.2) is 0 Å². The summed E-state index contributed by atoms with van der Waals surface area (Å²) >= 11 is 0. The lowest BCUT2D eigenvalue weighted by molar-refractivity contribution is -0.136. The molecule has 0 saturated carbocycles. The maximum Gasteiger partial charge on any atom is 0.227 e. The van der Waals surface area contributed by atoms with Crippen molar-refractivity contribution in [1.29, 1.82) is 0 Å². The molecule has 3 N–H and O–H groups in total. The first kappa shape index (κ1) is 15.3. The molecule has 2 atom stereocenters. The molecule has 0 aromatic carbocycles. The van der Waals surface area contributed by atoms with Crippen molar-refractivity contribution in [3.05, 3.63) is 0 Å². The van der Waals surface area contributed by atoms with E-state index in [-0.39, 0.29) is 30.9 Å². The van der Waals surface area contributed by atoms with Crippen molar-refractivity contribution in [3.8, 4) is 0 Å². The largest absolute Gasteiger partial charge is 0.389 e. The van der Waals surface area contributed by atoms with E-state index < -0.39 is 6.10 Å². The smallest absolute Gasteiger partial charge is 0.227 e. The van der Waals surface area contributed by atoms with Crippen molar-refractivity contribution in [2.24, 2.45) is 17.6 Å². The molecular formula is C11H24N2O3. The van der Waals surface area contributed by atoms with Crippen molar-refractivity contribution in [1.82, 2.24) is 4.90 Å². The number of nitrogens with zero attached hydrogens (tertiary/aromatic N) is 1. The summed E-state index contributed by atoms with van der Waals surface area (Å²) in [6.07, 6.45) is -0.649. The molecule has 0 saturated heterocycles. The Balaban J connectivity index is 4.25. The Morgan fingerprint density at radius 2 is 2.06 bits per heavy atom. The van der Waals surface area contributed by atoms with Gasteiger partial charge in [0.25, 0.3) is 0 Å². The molecule has 16 heavy (non-hydrogen) atoms. The second kappa shape index (κ2) is 7.60. The van der Waals surface area contributed by atoms with E-state index in [1.165, 1.54) is 12.0 Å². The molecule has 5 nitrogen and oxygen atoms in total. The van der Waals surface area contributed by atoms with E-state index >= 15 is 0 Å². The monoisotopic (exact) mass is 232 g/mol. The van der Waals surface area contributed by atoms with Gasteiger partial charge in [0, 0.05) is 27.2 Å². The van der Waals surface area contributed by atoms with Crippen molar-refractivity contribution < 1.29 is 14.6 Å². The summed E-state index contributed by atoms with van der Waals surface area (Å²) in [5.41, 5.74) is 5.57. The average Bonchev–Trinajstić information content (AvgIpc) is 2.18. The van der Waals surface area contributed by atoms with Crippen molar-refractivity contribution in [2.75, 3.05) is 33.9 Å². The summed E-state index contributed by atoms with van der Waals surface area (Å²) in [6.45, 7) is 4.77. The fraction of sp³-hybridized carbons (Fsp3) is 0.909. The Morgan fingerprint density at radius 1 is 1.50 bits per heavy atom. The molecule has 0 aliphatic rings. The molecule has 0 aromatic rings. The Morgan fingerprint density at radius 3 is 2.44 bits per heavy atom. The topological polar surface area (TPSA) is 75.8 Å². The molecule has 0 bridgehead atoms. The molecule has 96 valence electrons. The Bertz CT molecular complexity index is 209. The average molecular weight is 232 g/mol. The number of hydrogen-bond acceptors (Lipinski definition) is 4. The van der Waals surface area contributed by atoms with Gasteiger partial charge >= 0.3 is 0 Å². The highest BCUT2D eigenvalue weighted by Gasteiger charge is 2.24. The van der Waals surface area contributed by atoms with Crippen LogP contribution in [0.5, 0.6) is 0 Å². The van der Waals surface area contributed by atoms with E-state index in [4.69, 9.17) is 10.5 Å². The normalized spacial score (nSPS) is 14.9. The van der Waals surface area contributed by atoms with Crippen LogP contribution in [-0.2, 0) is 9.53 Å². The van der Waals surface area contributed by atoms with Crippen LogP contribution < -0.4 is 5.73 Å². The summed E-state index contributed by atoms with van der Waals surface area (Å²) < 4.78 is 4.81. The van der Waals surface area contributed by atoms with Crippen LogP contribution in [0.4, 0.5) is 0 Å². The van der Waals surface area contributed by atoms with Crippen LogP contribution in [0.15, 0.2) is 0 Å². The fourth-order valence-electron chi connectivity index (χ4n) is 1.59. The van der Waals surface area contributed by atoms with Crippen LogP contribution in [-0.4, -0.2) is 55.9 Å². The van der Waals surface area contributed by atoms with E-state index in [1.807, 2.05) is 13.8 Å². The lowest BCUT2D eigenvalue weighted by Crippen LogP contribution is -2.43. The van der Waals surface area contributed by atoms with Gasteiger partial charge in [0.05, 0.1) is 18.6 Å². The fourth-order valence-corrected chi connectivity index (χ4v) is 1.59. The van der Waals surface area contributed by atoms with Crippen molar-refractivity contribution >= 4 is 5.91 Å². The van der Waals surface area contributed by atoms with Crippen LogP contribution in [0.3, 0.4) is 0 Å². The highest BCUT2D eigenvalue weighted by molar-refractivity contribution is 5.79. The minimum Gasteiger partial charge on any atom is -0.389 e. The zero-order chi connectivity index (χ0) is 12.7. The predicted octanol–water partition coefficient (Wildman–Crippen LogP) is -0.317. The van der Waals surface area contributed by atoms with Crippen LogP contribution in [0.25, 0.3) is 0 Å².